The molecular formula is C18H24O2. The van der Waals surface area contributed by atoms with Crippen molar-refractivity contribution in [1.29, 1.82) is 0 Å². The highest BCUT2D eigenvalue weighted by Gasteiger charge is 2.60. The Morgan fingerprint density at radius 3 is 2.80 bits per heavy atom. The van der Waals surface area contributed by atoms with Gasteiger partial charge in [-0.1, -0.05) is 37.6 Å². The van der Waals surface area contributed by atoms with E-state index >= 15 is 0 Å². The molecule has 108 valence electrons. The van der Waals surface area contributed by atoms with E-state index < -0.39 is 11.7 Å². The van der Waals surface area contributed by atoms with E-state index in [1.165, 1.54) is 24.8 Å². The first kappa shape index (κ1) is 12.8. The fourth-order valence-corrected chi connectivity index (χ4v) is 5.59. The maximum Gasteiger partial charge on any atom is 0.119 e. The van der Waals surface area contributed by atoms with Gasteiger partial charge in [-0.05, 0) is 60.5 Å². The van der Waals surface area contributed by atoms with Crippen molar-refractivity contribution in [2.24, 2.45) is 17.3 Å². The zero-order chi connectivity index (χ0) is 14.0. The second-order valence-electron chi connectivity index (χ2n) is 7.50. The third-order valence-corrected chi connectivity index (χ3v) is 6.55. The lowest BCUT2D eigenvalue weighted by Gasteiger charge is -2.56. The van der Waals surface area contributed by atoms with Crippen LogP contribution in [0.5, 0.6) is 0 Å². The smallest absolute Gasteiger partial charge is 0.119 e. The van der Waals surface area contributed by atoms with E-state index in [4.69, 9.17) is 0 Å². The molecule has 2 nitrogen and oxygen atoms in total. The van der Waals surface area contributed by atoms with Crippen molar-refractivity contribution < 1.29 is 10.2 Å². The van der Waals surface area contributed by atoms with Crippen LogP contribution in [0.4, 0.5) is 0 Å². The summed E-state index contributed by atoms with van der Waals surface area (Å²) in [5.74, 6) is 0.804. The van der Waals surface area contributed by atoms with Gasteiger partial charge in [0.1, 0.15) is 5.60 Å². The summed E-state index contributed by atoms with van der Waals surface area (Å²) in [6, 6.07) is 8.17. The Labute approximate surface area is 120 Å². The molecule has 3 aliphatic rings. The molecule has 0 saturated heterocycles. The van der Waals surface area contributed by atoms with Crippen LogP contribution in [0.25, 0.3) is 0 Å². The van der Waals surface area contributed by atoms with Gasteiger partial charge in [0.05, 0.1) is 6.10 Å². The number of aryl methyl sites for hydroxylation is 1. The van der Waals surface area contributed by atoms with E-state index in [-0.39, 0.29) is 11.3 Å². The lowest BCUT2D eigenvalue weighted by molar-refractivity contribution is -0.197. The molecular weight excluding hydrogens is 248 g/mol. The molecule has 0 unspecified atom stereocenters. The van der Waals surface area contributed by atoms with E-state index in [0.717, 1.165) is 24.8 Å². The van der Waals surface area contributed by atoms with E-state index in [0.29, 0.717) is 5.92 Å². The number of benzene rings is 1. The maximum absolute atomic E-state index is 11.4. The van der Waals surface area contributed by atoms with Crippen LogP contribution in [0.2, 0.25) is 0 Å². The van der Waals surface area contributed by atoms with Crippen LogP contribution in [0.15, 0.2) is 24.3 Å². The first-order valence-corrected chi connectivity index (χ1v) is 8.04. The highest BCUT2D eigenvalue weighted by atomic mass is 16.3. The van der Waals surface area contributed by atoms with Crippen molar-refractivity contribution in [3.05, 3.63) is 35.4 Å². The standard InChI is InChI=1S/C18H24O2/c1-17-10-4-7-14(17)15-9-8-12-5-2-3-6-13(12)18(15,20)16(19)11-17/h2-3,5-6,14-16,19-20H,4,7-11H2,1H3/t14-,15-,16-,17-,18-/m0/s1. The highest BCUT2D eigenvalue weighted by Crippen LogP contribution is 2.62. The van der Waals surface area contributed by atoms with Crippen LogP contribution in [0.3, 0.4) is 0 Å². The Hall–Kier alpha value is -0.860. The van der Waals surface area contributed by atoms with Crippen molar-refractivity contribution in [2.75, 3.05) is 0 Å². The molecule has 0 heterocycles. The Morgan fingerprint density at radius 2 is 1.95 bits per heavy atom. The first-order chi connectivity index (χ1) is 9.56. The molecule has 1 aromatic carbocycles. The monoisotopic (exact) mass is 272 g/mol. The molecule has 0 aromatic heterocycles. The van der Waals surface area contributed by atoms with E-state index in [2.05, 4.69) is 13.0 Å². The van der Waals surface area contributed by atoms with Crippen molar-refractivity contribution >= 4 is 0 Å². The molecule has 1 aromatic rings. The molecule has 2 N–H and O–H groups in total. The normalized spacial score (nSPS) is 46.5. The maximum atomic E-state index is 11.4. The topological polar surface area (TPSA) is 40.5 Å². The average molecular weight is 272 g/mol. The van der Waals surface area contributed by atoms with Crippen LogP contribution in [-0.4, -0.2) is 16.3 Å². The van der Waals surface area contributed by atoms with Gasteiger partial charge in [-0.25, -0.2) is 0 Å². The fourth-order valence-electron chi connectivity index (χ4n) is 5.59. The number of hydrogen-bond donors (Lipinski definition) is 2. The molecule has 2 heteroatoms. The van der Waals surface area contributed by atoms with Crippen LogP contribution in [0.1, 0.15) is 50.2 Å². The SMILES string of the molecule is C[C@@]12CCC[C@H]1[C@@H]1CCc3ccccc3[C@@]1(O)[C@@H](O)C2. The third-order valence-electron chi connectivity index (χ3n) is 6.55. The molecule has 0 aliphatic heterocycles. The van der Waals surface area contributed by atoms with Crippen LogP contribution < -0.4 is 0 Å². The Kier molecular flexibility index (Phi) is 2.62. The number of aliphatic hydroxyl groups is 2. The van der Waals surface area contributed by atoms with E-state index in [9.17, 15) is 10.2 Å². The van der Waals surface area contributed by atoms with Crippen molar-refractivity contribution in [2.45, 2.75) is 57.2 Å². The summed E-state index contributed by atoms with van der Waals surface area (Å²) < 4.78 is 0. The van der Waals surface area contributed by atoms with Gasteiger partial charge in [0.25, 0.3) is 0 Å². The Morgan fingerprint density at radius 1 is 1.15 bits per heavy atom. The lowest BCUT2D eigenvalue weighted by Crippen LogP contribution is -2.58. The zero-order valence-corrected chi connectivity index (χ0v) is 12.2. The van der Waals surface area contributed by atoms with Crippen LogP contribution in [-0.2, 0) is 12.0 Å². The van der Waals surface area contributed by atoms with E-state index in [1.807, 2.05) is 18.2 Å². The first-order valence-electron chi connectivity index (χ1n) is 8.04. The fraction of sp³-hybridized carbons (Fsp3) is 0.667. The number of rotatable bonds is 0. The molecule has 2 saturated carbocycles. The summed E-state index contributed by atoms with van der Waals surface area (Å²) in [6.07, 6.45) is 5.88. The van der Waals surface area contributed by atoms with Gasteiger partial charge in [0.2, 0.25) is 0 Å². The molecule has 0 radical (unpaired) electrons. The molecule has 0 amide bonds. The van der Waals surface area contributed by atoms with Gasteiger partial charge >= 0.3 is 0 Å². The molecule has 20 heavy (non-hydrogen) atoms. The molecule has 0 spiro atoms. The van der Waals surface area contributed by atoms with Crippen LogP contribution >= 0.6 is 0 Å². The van der Waals surface area contributed by atoms with Gasteiger partial charge in [-0.2, -0.15) is 0 Å². The van der Waals surface area contributed by atoms with Gasteiger partial charge < -0.3 is 10.2 Å². The molecule has 2 fully saturated rings. The minimum Gasteiger partial charge on any atom is -0.390 e. The number of fused-ring (bicyclic) bond motifs is 5. The van der Waals surface area contributed by atoms with Crippen LogP contribution in [0, 0.1) is 17.3 Å². The number of aliphatic hydroxyl groups excluding tert-OH is 1. The summed E-state index contributed by atoms with van der Waals surface area (Å²) in [5, 5.41) is 22.2. The lowest BCUT2D eigenvalue weighted by atomic mass is 9.52. The van der Waals surface area contributed by atoms with Crippen molar-refractivity contribution in [3.63, 3.8) is 0 Å². The third kappa shape index (κ3) is 1.47. The van der Waals surface area contributed by atoms with Crippen molar-refractivity contribution in [1.82, 2.24) is 0 Å². The molecule has 5 atom stereocenters. The summed E-state index contributed by atoms with van der Waals surface area (Å²) in [4.78, 5) is 0. The van der Waals surface area contributed by atoms with Gasteiger partial charge in [-0.3, -0.25) is 0 Å². The predicted octanol–water partition coefficient (Wildman–Crippen LogP) is 3.01. The highest BCUT2D eigenvalue weighted by molar-refractivity contribution is 5.38. The minimum absolute atomic E-state index is 0.230. The molecule has 3 aliphatic carbocycles. The number of hydrogen-bond acceptors (Lipinski definition) is 2. The second-order valence-corrected chi connectivity index (χ2v) is 7.50. The zero-order valence-electron chi connectivity index (χ0n) is 12.2. The Balaban J connectivity index is 1.85. The summed E-state index contributed by atoms with van der Waals surface area (Å²) in [5.41, 5.74) is 1.45. The van der Waals surface area contributed by atoms with Gasteiger partial charge in [0, 0.05) is 0 Å². The predicted molar refractivity (Wildman–Crippen MR) is 78.2 cm³/mol. The van der Waals surface area contributed by atoms with Gasteiger partial charge in [0.15, 0.2) is 0 Å². The minimum atomic E-state index is -1.01. The average Bonchev–Trinajstić information content (AvgIpc) is 2.81. The quantitative estimate of drug-likeness (QED) is 0.762. The molecule has 0 bridgehead atoms. The van der Waals surface area contributed by atoms with E-state index in [1.54, 1.807) is 0 Å². The van der Waals surface area contributed by atoms with Crippen molar-refractivity contribution in [3.8, 4) is 0 Å². The summed E-state index contributed by atoms with van der Waals surface area (Å²) in [7, 11) is 0. The van der Waals surface area contributed by atoms with Gasteiger partial charge in [-0.15, -0.1) is 0 Å². The molecule has 4 rings (SSSR count). The summed E-state index contributed by atoms with van der Waals surface area (Å²) >= 11 is 0. The Bertz CT molecular complexity index is 540. The summed E-state index contributed by atoms with van der Waals surface area (Å²) in [6.45, 7) is 2.33. The largest absolute Gasteiger partial charge is 0.390 e. The second kappa shape index (κ2) is 4.08.